The lowest BCUT2D eigenvalue weighted by atomic mass is 10.2. The molecule has 1 aromatic heterocycles. The summed E-state index contributed by atoms with van der Waals surface area (Å²) in [5.41, 5.74) is -0.181. The zero-order valence-electron chi connectivity index (χ0n) is 9.93. The zero-order valence-corrected chi connectivity index (χ0v) is 9.93. The lowest BCUT2D eigenvalue weighted by Crippen LogP contribution is -2.44. The molecule has 1 atom stereocenters. The van der Waals surface area contributed by atoms with Gasteiger partial charge in [-0.05, 0) is 0 Å². The predicted molar refractivity (Wildman–Crippen MR) is 62.9 cm³/mol. The van der Waals surface area contributed by atoms with Crippen LogP contribution >= 0.6 is 0 Å². The van der Waals surface area contributed by atoms with Crippen molar-refractivity contribution in [2.75, 3.05) is 24.6 Å². The molecule has 1 fully saturated rings. The second-order valence-corrected chi connectivity index (χ2v) is 4.04. The number of aromatic nitrogens is 2. The molecule has 0 spiro atoms. The molecule has 0 saturated carbocycles. The molecule has 0 amide bonds. The average Bonchev–Trinajstić information content (AvgIpc) is 2.38. The van der Waals surface area contributed by atoms with Gasteiger partial charge in [0, 0.05) is 13.1 Å². The zero-order chi connectivity index (χ0) is 13.8. The Hall–Kier alpha value is -2.29. The highest BCUT2D eigenvalue weighted by Crippen LogP contribution is 2.16. The molecule has 0 aromatic carbocycles. The van der Waals surface area contributed by atoms with E-state index in [2.05, 4.69) is 9.97 Å². The van der Waals surface area contributed by atoms with Gasteiger partial charge in [-0.15, -0.1) is 0 Å². The van der Waals surface area contributed by atoms with Crippen LogP contribution in [-0.2, 0) is 9.53 Å². The first kappa shape index (κ1) is 13.1. The summed E-state index contributed by atoms with van der Waals surface area (Å²) in [7, 11) is 0. The summed E-state index contributed by atoms with van der Waals surface area (Å²) in [5, 5.41) is 19.2. The minimum atomic E-state index is -0.934. The number of nitrogens with zero attached hydrogens (tertiary/aromatic N) is 4. The Labute approximate surface area is 108 Å². The van der Waals surface area contributed by atoms with Crippen LogP contribution in [0.1, 0.15) is 6.42 Å². The smallest absolute Gasteiger partial charge is 0.306 e. The minimum Gasteiger partial charge on any atom is -0.481 e. The molecule has 9 nitrogen and oxygen atoms in total. The number of nitro groups is 1. The largest absolute Gasteiger partial charge is 0.481 e. The van der Waals surface area contributed by atoms with Gasteiger partial charge >= 0.3 is 11.7 Å². The van der Waals surface area contributed by atoms with Crippen molar-refractivity contribution in [3.8, 4) is 0 Å². The third-order valence-corrected chi connectivity index (χ3v) is 2.66. The quantitative estimate of drug-likeness (QED) is 0.601. The molecule has 1 aliphatic heterocycles. The SMILES string of the molecule is O=C(O)CC1CN(c2ncc([N+](=O)[O-])cn2)CCO1. The number of carboxylic acid groups (broad SMARTS) is 1. The minimum absolute atomic E-state index is 0.0938. The topological polar surface area (TPSA) is 119 Å². The lowest BCUT2D eigenvalue weighted by molar-refractivity contribution is -0.385. The highest BCUT2D eigenvalue weighted by atomic mass is 16.6. The van der Waals surface area contributed by atoms with E-state index in [0.717, 1.165) is 12.4 Å². The normalized spacial score (nSPS) is 19.2. The Bertz CT molecular complexity index is 477. The van der Waals surface area contributed by atoms with Gasteiger partial charge in [-0.2, -0.15) is 0 Å². The van der Waals surface area contributed by atoms with E-state index in [0.29, 0.717) is 25.6 Å². The van der Waals surface area contributed by atoms with E-state index in [1.807, 2.05) is 0 Å². The van der Waals surface area contributed by atoms with Gasteiger partial charge in [-0.25, -0.2) is 9.97 Å². The van der Waals surface area contributed by atoms with Crippen LogP contribution in [0.4, 0.5) is 11.6 Å². The first-order valence-electron chi connectivity index (χ1n) is 5.61. The lowest BCUT2D eigenvalue weighted by Gasteiger charge is -2.32. The second kappa shape index (κ2) is 5.57. The monoisotopic (exact) mass is 268 g/mol. The van der Waals surface area contributed by atoms with E-state index < -0.39 is 17.0 Å². The summed E-state index contributed by atoms with van der Waals surface area (Å²) >= 11 is 0. The number of ether oxygens (including phenoxy) is 1. The van der Waals surface area contributed by atoms with Crippen molar-refractivity contribution in [1.82, 2.24) is 9.97 Å². The Morgan fingerprint density at radius 2 is 2.26 bits per heavy atom. The number of anilines is 1. The molecule has 19 heavy (non-hydrogen) atoms. The molecule has 0 aliphatic carbocycles. The number of morpholine rings is 1. The summed E-state index contributed by atoms with van der Waals surface area (Å²) in [6.45, 7) is 1.25. The van der Waals surface area contributed by atoms with Crippen LogP contribution in [0.3, 0.4) is 0 Å². The van der Waals surface area contributed by atoms with E-state index in [-0.39, 0.29) is 12.1 Å². The molecule has 2 rings (SSSR count). The van der Waals surface area contributed by atoms with Gasteiger partial charge in [-0.3, -0.25) is 14.9 Å². The standard InChI is InChI=1S/C10H12N4O5/c15-9(16)3-8-6-13(1-2-19-8)10-11-4-7(5-12-10)14(17)18/h4-5,8H,1-3,6H2,(H,15,16). The average molecular weight is 268 g/mol. The number of carbonyl (C=O) groups is 1. The van der Waals surface area contributed by atoms with Crippen LogP contribution < -0.4 is 4.90 Å². The van der Waals surface area contributed by atoms with Crippen molar-refractivity contribution in [2.24, 2.45) is 0 Å². The van der Waals surface area contributed by atoms with Crippen LogP contribution in [0.25, 0.3) is 0 Å². The van der Waals surface area contributed by atoms with Gasteiger partial charge in [0.15, 0.2) is 0 Å². The number of hydrogen-bond donors (Lipinski definition) is 1. The third kappa shape index (κ3) is 3.35. The Morgan fingerprint density at radius 1 is 1.58 bits per heavy atom. The van der Waals surface area contributed by atoms with Crippen LogP contribution in [-0.4, -0.2) is 51.8 Å². The highest BCUT2D eigenvalue weighted by molar-refractivity contribution is 5.67. The molecule has 2 heterocycles. The molecule has 0 radical (unpaired) electrons. The van der Waals surface area contributed by atoms with E-state index in [9.17, 15) is 14.9 Å². The molecular formula is C10H12N4O5. The van der Waals surface area contributed by atoms with Gasteiger partial charge in [0.25, 0.3) is 0 Å². The Kier molecular flexibility index (Phi) is 3.85. The Balaban J connectivity index is 2.04. The first-order valence-corrected chi connectivity index (χ1v) is 5.61. The summed E-state index contributed by atoms with van der Waals surface area (Å²) in [6.07, 6.45) is 1.74. The maximum Gasteiger partial charge on any atom is 0.306 e. The van der Waals surface area contributed by atoms with Crippen molar-refractivity contribution in [3.63, 3.8) is 0 Å². The molecular weight excluding hydrogens is 256 g/mol. The van der Waals surface area contributed by atoms with Crippen LogP contribution in [0.2, 0.25) is 0 Å². The number of aliphatic carboxylic acids is 1. The number of hydrogen-bond acceptors (Lipinski definition) is 7. The van der Waals surface area contributed by atoms with Crippen LogP contribution in [0.15, 0.2) is 12.4 Å². The summed E-state index contributed by atoms with van der Waals surface area (Å²) in [4.78, 5) is 30.1. The van der Waals surface area contributed by atoms with Gasteiger partial charge < -0.3 is 14.7 Å². The van der Waals surface area contributed by atoms with Crippen molar-refractivity contribution >= 4 is 17.6 Å². The number of rotatable bonds is 4. The van der Waals surface area contributed by atoms with Crippen molar-refractivity contribution < 1.29 is 19.6 Å². The maximum absolute atomic E-state index is 10.6. The molecule has 9 heteroatoms. The molecule has 0 bridgehead atoms. The summed E-state index contributed by atoms with van der Waals surface area (Å²) in [5.74, 6) is -0.597. The second-order valence-electron chi connectivity index (χ2n) is 4.04. The fraction of sp³-hybridized carbons (Fsp3) is 0.500. The third-order valence-electron chi connectivity index (χ3n) is 2.66. The molecule has 1 unspecified atom stereocenters. The van der Waals surface area contributed by atoms with Gasteiger partial charge in [0.1, 0.15) is 12.4 Å². The maximum atomic E-state index is 10.6. The predicted octanol–water partition coefficient (Wildman–Crippen LogP) is 0.0647. The Morgan fingerprint density at radius 3 is 2.84 bits per heavy atom. The van der Waals surface area contributed by atoms with E-state index in [4.69, 9.17) is 9.84 Å². The molecule has 1 N–H and O–H groups in total. The van der Waals surface area contributed by atoms with Crippen LogP contribution in [0, 0.1) is 10.1 Å². The van der Waals surface area contributed by atoms with E-state index >= 15 is 0 Å². The van der Waals surface area contributed by atoms with Gasteiger partial charge in [0.2, 0.25) is 5.95 Å². The van der Waals surface area contributed by atoms with E-state index in [1.54, 1.807) is 4.90 Å². The van der Waals surface area contributed by atoms with Crippen LogP contribution in [0.5, 0.6) is 0 Å². The van der Waals surface area contributed by atoms with Crippen molar-refractivity contribution in [2.45, 2.75) is 12.5 Å². The summed E-state index contributed by atoms with van der Waals surface area (Å²) < 4.78 is 5.32. The molecule has 1 aromatic rings. The highest BCUT2D eigenvalue weighted by Gasteiger charge is 2.24. The van der Waals surface area contributed by atoms with E-state index in [1.165, 1.54) is 0 Å². The molecule has 1 aliphatic rings. The van der Waals surface area contributed by atoms with Crippen molar-refractivity contribution in [1.29, 1.82) is 0 Å². The van der Waals surface area contributed by atoms with Gasteiger partial charge in [-0.1, -0.05) is 0 Å². The molecule has 102 valence electrons. The van der Waals surface area contributed by atoms with Gasteiger partial charge in [0.05, 0.1) is 24.1 Å². The number of carboxylic acids is 1. The summed E-state index contributed by atoms with van der Waals surface area (Å²) in [6, 6.07) is 0. The fourth-order valence-corrected chi connectivity index (χ4v) is 1.79. The van der Waals surface area contributed by atoms with Crippen molar-refractivity contribution in [3.05, 3.63) is 22.5 Å². The first-order chi connectivity index (χ1) is 9.06. The molecule has 1 saturated heterocycles. The fourth-order valence-electron chi connectivity index (χ4n) is 1.79.